The van der Waals surface area contributed by atoms with Crippen LogP contribution in [0.4, 0.5) is 0 Å². The van der Waals surface area contributed by atoms with Crippen LogP contribution in [0.25, 0.3) is 0 Å². The molecule has 2 heterocycles. The smallest absolute Gasteiger partial charge is 0.0694 e. The van der Waals surface area contributed by atoms with Crippen molar-refractivity contribution >= 4 is 0 Å². The molecule has 2 saturated heterocycles. The molecule has 0 aromatic heterocycles. The van der Waals surface area contributed by atoms with E-state index >= 15 is 0 Å². The van der Waals surface area contributed by atoms with Crippen LogP contribution in [0.1, 0.15) is 46.1 Å². The van der Waals surface area contributed by atoms with Crippen molar-refractivity contribution in [3.63, 3.8) is 0 Å². The van der Waals surface area contributed by atoms with Crippen LogP contribution in [0, 0.1) is 11.3 Å². The summed E-state index contributed by atoms with van der Waals surface area (Å²) in [6, 6.07) is 10.9. The van der Waals surface area contributed by atoms with Crippen LogP contribution in [0.5, 0.6) is 0 Å². The summed E-state index contributed by atoms with van der Waals surface area (Å²) >= 11 is 0. The van der Waals surface area contributed by atoms with Gasteiger partial charge in [0.1, 0.15) is 0 Å². The number of nitrogens with one attached hydrogen (secondary N) is 1. The maximum atomic E-state index is 6.47. The van der Waals surface area contributed by atoms with Crippen molar-refractivity contribution in [1.29, 1.82) is 0 Å². The molecule has 1 aromatic carbocycles. The summed E-state index contributed by atoms with van der Waals surface area (Å²) in [7, 11) is 0. The summed E-state index contributed by atoms with van der Waals surface area (Å²) in [5.74, 6) is 0.644. The van der Waals surface area contributed by atoms with E-state index in [0.717, 1.165) is 19.5 Å². The van der Waals surface area contributed by atoms with Gasteiger partial charge in [-0.15, -0.1) is 0 Å². The molecule has 0 amide bonds. The molecule has 0 aliphatic carbocycles. The molecular weight excluding hydrogens is 258 g/mol. The van der Waals surface area contributed by atoms with Gasteiger partial charge in [-0.1, -0.05) is 30.3 Å². The summed E-state index contributed by atoms with van der Waals surface area (Å²) in [6.07, 6.45) is 3.55. The third-order valence-electron chi connectivity index (χ3n) is 5.72. The van der Waals surface area contributed by atoms with Crippen molar-refractivity contribution in [3.8, 4) is 0 Å². The van der Waals surface area contributed by atoms with Gasteiger partial charge in [0, 0.05) is 5.41 Å². The second kappa shape index (κ2) is 5.10. The van der Waals surface area contributed by atoms with Crippen molar-refractivity contribution in [1.82, 2.24) is 5.32 Å². The number of piperidine rings is 1. The van der Waals surface area contributed by atoms with Gasteiger partial charge in [0.15, 0.2) is 0 Å². The van der Waals surface area contributed by atoms with Gasteiger partial charge in [-0.3, -0.25) is 0 Å². The van der Waals surface area contributed by atoms with Crippen molar-refractivity contribution in [2.45, 2.75) is 58.2 Å². The second-order valence-electron chi connectivity index (χ2n) is 8.05. The lowest BCUT2D eigenvalue weighted by Crippen LogP contribution is -2.54. The summed E-state index contributed by atoms with van der Waals surface area (Å²) in [5, 5.41) is 3.62. The molecule has 21 heavy (non-hydrogen) atoms. The van der Waals surface area contributed by atoms with Gasteiger partial charge in [-0.2, -0.15) is 0 Å². The minimum absolute atomic E-state index is 0.00419. The quantitative estimate of drug-likeness (QED) is 0.893. The molecule has 2 atom stereocenters. The Balaban J connectivity index is 1.91. The Bertz CT molecular complexity index is 494. The molecule has 0 saturated carbocycles. The molecule has 2 nitrogen and oxygen atoms in total. The molecule has 1 spiro atoms. The zero-order valence-electron chi connectivity index (χ0n) is 13.9. The zero-order chi connectivity index (χ0) is 15.1. The first kappa shape index (κ1) is 15.1. The Labute approximate surface area is 129 Å². The van der Waals surface area contributed by atoms with Crippen molar-refractivity contribution in [3.05, 3.63) is 35.9 Å². The fourth-order valence-corrected chi connectivity index (χ4v) is 4.98. The first-order valence-electron chi connectivity index (χ1n) is 8.30. The topological polar surface area (TPSA) is 21.3 Å². The Morgan fingerprint density at radius 3 is 2.48 bits per heavy atom. The van der Waals surface area contributed by atoms with Gasteiger partial charge in [0.2, 0.25) is 0 Å². The van der Waals surface area contributed by atoms with E-state index in [9.17, 15) is 0 Å². The number of hydrogen-bond donors (Lipinski definition) is 1. The highest BCUT2D eigenvalue weighted by molar-refractivity contribution is 5.19. The third kappa shape index (κ3) is 2.64. The van der Waals surface area contributed by atoms with Gasteiger partial charge < -0.3 is 10.1 Å². The van der Waals surface area contributed by atoms with Crippen molar-refractivity contribution < 1.29 is 4.74 Å². The van der Waals surface area contributed by atoms with Crippen LogP contribution < -0.4 is 5.32 Å². The van der Waals surface area contributed by atoms with E-state index in [4.69, 9.17) is 4.74 Å². The number of rotatable bonds is 2. The first-order chi connectivity index (χ1) is 9.85. The zero-order valence-corrected chi connectivity index (χ0v) is 13.9. The molecule has 2 unspecified atom stereocenters. The molecular formula is C19H29NO. The fraction of sp³-hybridized carbons (Fsp3) is 0.684. The predicted octanol–water partition coefficient (Wildman–Crippen LogP) is 3.80. The number of ether oxygens (including phenoxy) is 1. The first-order valence-corrected chi connectivity index (χ1v) is 8.30. The van der Waals surface area contributed by atoms with Gasteiger partial charge in [-0.05, 0) is 71.5 Å². The van der Waals surface area contributed by atoms with E-state index in [1.54, 1.807) is 0 Å². The lowest BCUT2D eigenvalue weighted by atomic mass is 9.58. The Kier molecular flexibility index (Phi) is 3.66. The second-order valence-corrected chi connectivity index (χ2v) is 8.05. The highest BCUT2D eigenvalue weighted by Crippen LogP contribution is 2.58. The molecule has 2 aliphatic heterocycles. The number of hydrogen-bond acceptors (Lipinski definition) is 2. The SMILES string of the molecule is CC1(C)CC2(CCNCC2Cc2ccccc2)C(C)(C)O1. The molecule has 2 aliphatic rings. The Hall–Kier alpha value is -0.860. The maximum Gasteiger partial charge on any atom is 0.0694 e. The van der Waals surface area contributed by atoms with Crippen LogP contribution in [0.15, 0.2) is 30.3 Å². The van der Waals surface area contributed by atoms with Crippen LogP contribution in [0.3, 0.4) is 0 Å². The standard InChI is InChI=1S/C19H29NO/c1-17(2)14-19(18(3,4)21-17)10-11-20-13-16(19)12-15-8-6-5-7-9-15/h5-9,16,20H,10-14H2,1-4H3. The highest BCUT2D eigenvalue weighted by atomic mass is 16.5. The molecule has 3 rings (SSSR count). The molecule has 2 fully saturated rings. The Morgan fingerprint density at radius 1 is 1.14 bits per heavy atom. The average molecular weight is 287 g/mol. The lowest BCUT2D eigenvalue weighted by Gasteiger charge is -2.49. The molecule has 1 aromatic rings. The molecule has 0 radical (unpaired) electrons. The van der Waals surface area contributed by atoms with E-state index in [1.807, 2.05) is 0 Å². The van der Waals surface area contributed by atoms with E-state index in [0.29, 0.717) is 5.92 Å². The van der Waals surface area contributed by atoms with Crippen LogP contribution >= 0.6 is 0 Å². The normalized spacial score (nSPS) is 34.2. The Morgan fingerprint density at radius 2 is 1.86 bits per heavy atom. The third-order valence-corrected chi connectivity index (χ3v) is 5.72. The van der Waals surface area contributed by atoms with Crippen LogP contribution in [-0.2, 0) is 11.2 Å². The molecule has 2 heteroatoms. The average Bonchev–Trinajstić information content (AvgIpc) is 2.59. The van der Waals surface area contributed by atoms with Gasteiger partial charge in [0.25, 0.3) is 0 Å². The van der Waals surface area contributed by atoms with E-state index in [1.165, 1.54) is 18.4 Å². The predicted molar refractivity (Wildman–Crippen MR) is 87.4 cm³/mol. The van der Waals surface area contributed by atoms with Gasteiger partial charge in [-0.25, -0.2) is 0 Å². The van der Waals surface area contributed by atoms with Gasteiger partial charge in [0.05, 0.1) is 11.2 Å². The lowest BCUT2D eigenvalue weighted by molar-refractivity contribution is -0.112. The summed E-state index contributed by atoms with van der Waals surface area (Å²) < 4.78 is 6.47. The minimum atomic E-state index is -0.0436. The number of benzene rings is 1. The summed E-state index contributed by atoms with van der Waals surface area (Å²) in [6.45, 7) is 11.4. The van der Waals surface area contributed by atoms with Crippen LogP contribution in [-0.4, -0.2) is 24.3 Å². The minimum Gasteiger partial charge on any atom is -0.369 e. The van der Waals surface area contributed by atoms with Crippen molar-refractivity contribution in [2.24, 2.45) is 11.3 Å². The maximum absolute atomic E-state index is 6.47. The largest absolute Gasteiger partial charge is 0.369 e. The van der Waals surface area contributed by atoms with E-state index in [-0.39, 0.29) is 16.6 Å². The summed E-state index contributed by atoms with van der Waals surface area (Å²) in [5.41, 5.74) is 1.69. The highest BCUT2D eigenvalue weighted by Gasteiger charge is 2.60. The monoisotopic (exact) mass is 287 g/mol. The van der Waals surface area contributed by atoms with Crippen LogP contribution in [0.2, 0.25) is 0 Å². The molecule has 116 valence electrons. The molecule has 1 N–H and O–H groups in total. The van der Waals surface area contributed by atoms with E-state index < -0.39 is 0 Å². The molecule has 0 bridgehead atoms. The van der Waals surface area contributed by atoms with Crippen molar-refractivity contribution in [2.75, 3.05) is 13.1 Å². The fourth-order valence-electron chi connectivity index (χ4n) is 4.98. The van der Waals surface area contributed by atoms with E-state index in [2.05, 4.69) is 63.3 Å². The summed E-state index contributed by atoms with van der Waals surface area (Å²) in [4.78, 5) is 0. The van der Waals surface area contributed by atoms with Gasteiger partial charge >= 0.3 is 0 Å².